The van der Waals surface area contributed by atoms with Crippen molar-refractivity contribution in [3.63, 3.8) is 0 Å². The van der Waals surface area contributed by atoms with E-state index in [0.717, 1.165) is 39.8 Å². The van der Waals surface area contributed by atoms with Gasteiger partial charge in [0.15, 0.2) is 0 Å². The van der Waals surface area contributed by atoms with Crippen LogP contribution in [0.15, 0.2) is 103 Å². The van der Waals surface area contributed by atoms with E-state index in [1.54, 1.807) is 6.20 Å². The van der Waals surface area contributed by atoms with Crippen LogP contribution in [0.1, 0.15) is 16.7 Å². The minimum atomic E-state index is 0.839. The molecule has 5 aromatic rings. The topological polar surface area (TPSA) is 41.9 Å². The summed E-state index contributed by atoms with van der Waals surface area (Å²) in [5.74, 6) is 0.844. The lowest BCUT2D eigenvalue weighted by Crippen LogP contribution is -2.15. The highest BCUT2D eigenvalue weighted by Crippen LogP contribution is 2.39. The van der Waals surface area contributed by atoms with Crippen molar-refractivity contribution in [2.24, 2.45) is 0 Å². The average molecular weight is 443 g/mol. The summed E-state index contributed by atoms with van der Waals surface area (Å²) < 4.78 is 0. The molecule has 3 heterocycles. The monoisotopic (exact) mass is 442 g/mol. The normalized spacial score (nSPS) is 10.8. The molecule has 0 N–H and O–H groups in total. The molecule has 3 aromatic heterocycles. The average Bonchev–Trinajstić information content (AvgIpc) is 2.87. The van der Waals surface area contributed by atoms with Gasteiger partial charge in [-0.25, -0.2) is 4.98 Å². The number of hydrogen-bond donors (Lipinski definition) is 0. The molecular weight excluding hydrogens is 416 g/mol. The Morgan fingerprint density at radius 2 is 1.24 bits per heavy atom. The van der Waals surface area contributed by atoms with Crippen LogP contribution in [0.4, 0.5) is 17.2 Å². The van der Waals surface area contributed by atoms with Gasteiger partial charge in [0, 0.05) is 23.6 Å². The number of aromatic nitrogens is 3. The molecule has 0 atom stereocenters. The molecule has 0 unspecified atom stereocenters. The molecule has 0 spiro atoms. The first-order chi connectivity index (χ1) is 16.6. The summed E-state index contributed by atoms with van der Waals surface area (Å²) in [7, 11) is 0. The predicted octanol–water partition coefficient (Wildman–Crippen LogP) is 7.60. The number of anilines is 3. The molecule has 166 valence electrons. The van der Waals surface area contributed by atoms with Gasteiger partial charge in [0.1, 0.15) is 5.82 Å². The quantitative estimate of drug-likeness (QED) is 0.281. The maximum Gasteiger partial charge on any atom is 0.138 e. The van der Waals surface area contributed by atoms with Crippen molar-refractivity contribution < 1.29 is 0 Å². The second-order valence-corrected chi connectivity index (χ2v) is 8.44. The molecule has 2 aromatic carbocycles. The molecule has 0 amide bonds. The first kappa shape index (κ1) is 21.5. The van der Waals surface area contributed by atoms with Gasteiger partial charge < -0.3 is 0 Å². The van der Waals surface area contributed by atoms with E-state index in [2.05, 4.69) is 78.1 Å². The summed E-state index contributed by atoms with van der Waals surface area (Å²) in [6.07, 6.45) is 3.62. The van der Waals surface area contributed by atoms with Crippen LogP contribution in [0, 0.1) is 20.8 Å². The SMILES string of the molecule is Cc1cc(C)c(N(c2cccc(-c3ccccn3)c2)c2cccc(-c3ccccn3)n2)c(C)c1. The van der Waals surface area contributed by atoms with Crippen LogP contribution >= 0.6 is 0 Å². The van der Waals surface area contributed by atoms with Gasteiger partial charge in [-0.2, -0.15) is 0 Å². The molecule has 0 radical (unpaired) electrons. The Labute approximate surface area is 200 Å². The molecule has 0 saturated heterocycles. The first-order valence-electron chi connectivity index (χ1n) is 11.4. The van der Waals surface area contributed by atoms with E-state index in [1.807, 2.05) is 54.7 Å². The third-order valence-corrected chi connectivity index (χ3v) is 5.81. The summed E-state index contributed by atoms with van der Waals surface area (Å²) in [6, 6.07) is 30.9. The Balaban J connectivity index is 1.71. The van der Waals surface area contributed by atoms with Gasteiger partial charge in [-0.3, -0.25) is 14.9 Å². The van der Waals surface area contributed by atoms with Crippen molar-refractivity contribution in [2.75, 3.05) is 4.90 Å². The van der Waals surface area contributed by atoms with E-state index >= 15 is 0 Å². The second kappa shape index (κ2) is 9.28. The lowest BCUT2D eigenvalue weighted by atomic mass is 10.0. The van der Waals surface area contributed by atoms with Crippen molar-refractivity contribution in [3.8, 4) is 22.6 Å². The predicted molar refractivity (Wildman–Crippen MR) is 140 cm³/mol. The Hall–Kier alpha value is -4.31. The van der Waals surface area contributed by atoms with Crippen LogP contribution in [0.5, 0.6) is 0 Å². The zero-order chi connectivity index (χ0) is 23.5. The third-order valence-electron chi connectivity index (χ3n) is 5.81. The van der Waals surface area contributed by atoms with Crippen LogP contribution in [-0.4, -0.2) is 15.0 Å². The molecule has 0 bridgehead atoms. The highest BCUT2D eigenvalue weighted by atomic mass is 15.2. The molecule has 34 heavy (non-hydrogen) atoms. The van der Waals surface area contributed by atoms with Gasteiger partial charge in [-0.05, 0) is 80.4 Å². The van der Waals surface area contributed by atoms with E-state index in [-0.39, 0.29) is 0 Å². The van der Waals surface area contributed by atoms with Crippen LogP contribution in [0.3, 0.4) is 0 Å². The maximum atomic E-state index is 5.05. The van der Waals surface area contributed by atoms with Crippen molar-refractivity contribution in [1.29, 1.82) is 0 Å². The lowest BCUT2D eigenvalue weighted by Gasteiger charge is -2.28. The van der Waals surface area contributed by atoms with Gasteiger partial charge in [0.25, 0.3) is 0 Å². The summed E-state index contributed by atoms with van der Waals surface area (Å²) in [4.78, 5) is 16.3. The third kappa shape index (κ3) is 4.30. The van der Waals surface area contributed by atoms with E-state index < -0.39 is 0 Å². The minimum Gasteiger partial charge on any atom is -0.294 e. The van der Waals surface area contributed by atoms with E-state index in [0.29, 0.717) is 0 Å². The Kier molecular flexibility index (Phi) is 5.88. The molecule has 0 aliphatic carbocycles. The second-order valence-electron chi connectivity index (χ2n) is 8.44. The Bertz CT molecular complexity index is 1320. The van der Waals surface area contributed by atoms with Crippen LogP contribution < -0.4 is 4.90 Å². The van der Waals surface area contributed by atoms with E-state index in [9.17, 15) is 0 Å². The summed E-state index contributed by atoms with van der Waals surface area (Å²) in [5, 5.41) is 0. The number of aryl methyl sites for hydroxylation is 3. The fourth-order valence-electron chi connectivity index (χ4n) is 4.44. The molecular formula is C30H26N4. The standard InChI is InChI=1S/C30H26N4/c1-21-18-22(2)30(23(3)19-21)34(25-11-8-10-24(20-25)26-12-4-6-16-31-26)29-15-9-14-28(33-29)27-13-5-7-17-32-27/h4-20H,1-3H3. The molecule has 0 aliphatic rings. The van der Waals surface area contributed by atoms with E-state index in [1.165, 1.54) is 16.7 Å². The molecule has 4 nitrogen and oxygen atoms in total. The maximum absolute atomic E-state index is 5.05. The molecule has 5 rings (SSSR count). The Morgan fingerprint density at radius 3 is 1.91 bits per heavy atom. The van der Waals surface area contributed by atoms with Gasteiger partial charge in [0.2, 0.25) is 0 Å². The smallest absolute Gasteiger partial charge is 0.138 e. The van der Waals surface area contributed by atoms with Crippen molar-refractivity contribution >= 4 is 17.2 Å². The highest BCUT2D eigenvalue weighted by molar-refractivity contribution is 5.81. The van der Waals surface area contributed by atoms with E-state index in [4.69, 9.17) is 4.98 Å². The number of benzene rings is 2. The van der Waals surface area contributed by atoms with Crippen LogP contribution in [-0.2, 0) is 0 Å². The lowest BCUT2D eigenvalue weighted by molar-refractivity contribution is 1.14. The van der Waals surface area contributed by atoms with Gasteiger partial charge in [-0.1, -0.05) is 48.0 Å². The molecule has 0 fully saturated rings. The molecule has 0 aliphatic heterocycles. The number of rotatable bonds is 5. The van der Waals surface area contributed by atoms with Crippen molar-refractivity contribution in [3.05, 3.63) is 120 Å². The fourth-order valence-corrected chi connectivity index (χ4v) is 4.44. The number of pyridine rings is 3. The summed E-state index contributed by atoms with van der Waals surface area (Å²) in [5.41, 5.74) is 9.50. The minimum absolute atomic E-state index is 0.839. The molecule has 0 saturated carbocycles. The van der Waals surface area contributed by atoms with Gasteiger partial charge >= 0.3 is 0 Å². The summed E-state index contributed by atoms with van der Waals surface area (Å²) in [6.45, 7) is 6.46. The van der Waals surface area contributed by atoms with Crippen molar-refractivity contribution in [1.82, 2.24) is 15.0 Å². The van der Waals surface area contributed by atoms with Crippen molar-refractivity contribution in [2.45, 2.75) is 20.8 Å². The van der Waals surface area contributed by atoms with Crippen LogP contribution in [0.25, 0.3) is 22.6 Å². The van der Waals surface area contributed by atoms with Gasteiger partial charge in [-0.15, -0.1) is 0 Å². The Morgan fingerprint density at radius 1 is 0.588 bits per heavy atom. The summed E-state index contributed by atoms with van der Waals surface area (Å²) >= 11 is 0. The van der Waals surface area contributed by atoms with Crippen LogP contribution in [0.2, 0.25) is 0 Å². The fraction of sp³-hybridized carbons (Fsp3) is 0.100. The number of nitrogens with zero attached hydrogens (tertiary/aromatic N) is 4. The zero-order valence-electron chi connectivity index (χ0n) is 19.6. The largest absolute Gasteiger partial charge is 0.294 e. The zero-order valence-corrected chi connectivity index (χ0v) is 19.6. The highest BCUT2D eigenvalue weighted by Gasteiger charge is 2.19. The molecule has 4 heteroatoms. The van der Waals surface area contributed by atoms with Gasteiger partial charge in [0.05, 0.1) is 22.8 Å². The first-order valence-corrected chi connectivity index (χ1v) is 11.4. The number of hydrogen-bond acceptors (Lipinski definition) is 4.